The summed E-state index contributed by atoms with van der Waals surface area (Å²) < 4.78 is 18.9. The van der Waals surface area contributed by atoms with Crippen LogP contribution in [0.25, 0.3) is 0 Å². The first-order valence-corrected chi connectivity index (χ1v) is 7.04. The van der Waals surface area contributed by atoms with Gasteiger partial charge in [-0.1, -0.05) is 0 Å². The topological polar surface area (TPSA) is 41.6 Å². The van der Waals surface area contributed by atoms with Gasteiger partial charge in [0.25, 0.3) is 0 Å². The number of carbonyl (C=O) groups is 1. The fourth-order valence-electron chi connectivity index (χ4n) is 2.88. The molecule has 2 aliphatic heterocycles. The Morgan fingerprint density at radius 3 is 3.15 bits per heavy atom. The van der Waals surface area contributed by atoms with Crippen LogP contribution in [0.5, 0.6) is 5.75 Å². The maximum atomic E-state index is 13.1. The number of ether oxygens (including phenoxy) is 1. The Morgan fingerprint density at radius 1 is 1.50 bits per heavy atom. The number of carbonyl (C=O) groups excluding carboxylic acids is 1. The highest BCUT2D eigenvalue weighted by molar-refractivity contribution is 5.76. The average Bonchev–Trinajstić information content (AvgIpc) is 2.82. The smallest absolute Gasteiger partial charge is 0.222 e. The number of likely N-dealkylation sites (tertiary alicyclic amines) is 1. The van der Waals surface area contributed by atoms with Crippen LogP contribution in [0.4, 0.5) is 4.39 Å². The van der Waals surface area contributed by atoms with Crippen LogP contribution in [0.1, 0.15) is 18.4 Å². The summed E-state index contributed by atoms with van der Waals surface area (Å²) in [5.41, 5.74) is 0.938. The second kappa shape index (κ2) is 5.40. The van der Waals surface area contributed by atoms with Gasteiger partial charge in [0.15, 0.2) is 0 Å². The number of nitrogens with one attached hydrogen (secondary N) is 1. The van der Waals surface area contributed by atoms with Crippen LogP contribution in [-0.4, -0.2) is 43.1 Å². The maximum Gasteiger partial charge on any atom is 0.222 e. The zero-order chi connectivity index (χ0) is 14.1. The van der Waals surface area contributed by atoms with E-state index in [1.807, 2.05) is 7.05 Å². The number of benzene rings is 1. The molecule has 1 aromatic carbocycles. The number of amides is 1. The minimum Gasteiger partial charge on any atom is -0.488 e. The predicted molar refractivity (Wildman–Crippen MR) is 73.2 cm³/mol. The molecule has 4 nitrogen and oxygen atoms in total. The first-order chi connectivity index (χ1) is 9.61. The number of nitrogens with zero attached hydrogens (tertiary/aromatic N) is 1. The number of piperidine rings is 1. The molecule has 2 atom stereocenters. The number of hydrogen-bond acceptors (Lipinski definition) is 3. The highest BCUT2D eigenvalue weighted by Crippen LogP contribution is 2.29. The Balaban J connectivity index is 1.50. The van der Waals surface area contributed by atoms with E-state index >= 15 is 0 Å². The SMILES string of the molecule is CN1CC(NCC2Cc3cc(F)ccc3O2)CCC1=O. The minimum atomic E-state index is -0.214. The lowest BCUT2D eigenvalue weighted by atomic mass is 10.0. The monoisotopic (exact) mass is 278 g/mol. The fraction of sp³-hybridized carbons (Fsp3) is 0.533. The van der Waals surface area contributed by atoms with Gasteiger partial charge in [-0.15, -0.1) is 0 Å². The first kappa shape index (κ1) is 13.4. The van der Waals surface area contributed by atoms with E-state index in [0.717, 1.165) is 37.2 Å². The maximum absolute atomic E-state index is 13.1. The first-order valence-electron chi connectivity index (χ1n) is 7.04. The quantitative estimate of drug-likeness (QED) is 0.907. The molecule has 5 heteroatoms. The third-order valence-electron chi connectivity index (χ3n) is 4.02. The molecule has 0 saturated carbocycles. The van der Waals surface area contributed by atoms with E-state index in [1.54, 1.807) is 17.0 Å². The van der Waals surface area contributed by atoms with Gasteiger partial charge in [0.1, 0.15) is 17.7 Å². The molecular formula is C15H19FN2O2. The van der Waals surface area contributed by atoms with E-state index in [4.69, 9.17) is 4.74 Å². The molecule has 1 aromatic rings. The van der Waals surface area contributed by atoms with Crippen LogP contribution >= 0.6 is 0 Å². The van der Waals surface area contributed by atoms with Crippen molar-refractivity contribution in [3.63, 3.8) is 0 Å². The Bertz CT molecular complexity index is 521. The lowest BCUT2D eigenvalue weighted by Crippen LogP contribution is -2.48. The van der Waals surface area contributed by atoms with E-state index in [0.29, 0.717) is 12.5 Å². The van der Waals surface area contributed by atoms with Gasteiger partial charge < -0.3 is 15.0 Å². The standard InChI is InChI=1S/C15H19FN2O2/c1-18-9-12(3-5-15(18)19)17-8-13-7-10-6-11(16)2-4-14(10)20-13/h2,4,6,12-13,17H,3,5,7-9H2,1H3. The Kier molecular flexibility index (Phi) is 3.61. The summed E-state index contributed by atoms with van der Waals surface area (Å²) >= 11 is 0. The lowest BCUT2D eigenvalue weighted by Gasteiger charge is -2.30. The molecule has 2 aliphatic rings. The third-order valence-corrected chi connectivity index (χ3v) is 4.02. The van der Waals surface area contributed by atoms with Crippen LogP contribution in [0.15, 0.2) is 18.2 Å². The predicted octanol–water partition coefficient (Wildman–Crippen LogP) is 1.34. The Morgan fingerprint density at radius 2 is 2.35 bits per heavy atom. The molecule has 108 valence electrons. The van der Waals surface area contributed by atoms with Crippen molar-refractivity contribution >= 4 is 5.91 Å². The van der Waals surface area contributed by atoms with Crippen LogP contribution in [0.3, 0.4) is 0 Å². The molecule has 1 fully saturated rings. The average molecular weight is 278 g/mol. The van der Waals surface area contributed by atoms with Gasteiger partial charge in [-0.2, -0.15) is 0 Å². The summed E-state index contributed by atoms with van der Waals surface area (Å²) in [6, 6.07) is 4.98. The Labute approximate surface area is 117 Å². The van der Waals surface area contributed by atoms with Gasteiger partial charge in [-0.05, 0) is 24.6 Å². The van der Waals surface area contributed by atoms with Crippen molar-refractivity contribution in [2.45, 2.75) is 31.4 Å². The van der Waals surface area contributed by atoms with Gasteiger partial charge in [-0.3, -0.25) is 4.79 Å². The second-order valence-electron chi connectivity index (χ2n) is 5.61. The number of halogens is 1. The number of fused-ring (bicyclic) bond motifs is 1. The molecule has 0 spiro atoms. The Hall–Kier alpha value is -1.62. The second-order valence-corrected chi connectivity index (χ2v) is 5.61. The van der Waals surface area contributed by atoms with Crippen molar-refractivity contribution in [3.8, 4) is 5.75 Å². The molecule has 0 bridgehead atoms. The van der Waals surface area contributed by atoms with Crippen LogP contribution in [0, 0.1) is 5.82 Å². The normalized spacial score (nSPS) is 25.5. The highest BCUT2D eigenvalue weighted by atomic mass is 19.1. The molecule has 20 heavy (non-hydrogen) atoms. The summed E-state index contributed by atoms with van der Waals surface area (Å²) in [4.78, 5) is 13.2. The molecular weight excluding hydrogens is 259 g/mol. The van der Waals surface area contributed by atoms with Crippen molar-refractivity contribution in [3.05, 3.63) is 29.6 Å². The van der Waals surface area contributed by atoms with Gasteiger partial charge in [0, 0.05) is 44.6 Å². The summed E-state index contributed by atoms with van der Waals surface area (Å²) in [7, 11) is 1.83. The summed E-state index contributed by atoms with van der Waals surface area (Å²) in [5, 5.41) is 3.45. The lowest BCUT2D eigenvalue weighted by molar-refractivity contribution is -0.132. The zero-order valence-corrected chi connectivity index (χ0v) is 11.6. The molecule has 2 unspecified atom stereocenters. The molecule has 1 amide bonds. The summed E-state index contributed by atoms with van der Waals surface area (Å²) in [5.74, 6) is 0.783. The fourth-order valence-corrected chi connectivity index (χ4v) is 2.88. The van der Waals surface area contributed by atoms with Crippen molar-refractivity contribution in [1.82, 2.24) is 10.2 Å². The number of rotatable bonds is 3. The van der Waals surface area contributed by atoms with E-state index in [-0.39, 0.29) is 17.8 Å². The summed E-state index contributed by atoms with van der Waals surface area (Å²) in [6.07, 6.45) is 2.26. The molecule has 1 saturated heterocycles. The van der Waals surface area contributed by atoms with Crippen molar-refractivity contribution in [1.29, 1.82) is 0 Å². The molecule has 3 rings (SSSR count). The van der Waals surface area contributed by atoms with E-state index in [2.05, 4.69) is 5.32 Å². The van der Waals surface area contributed by atoms with Crippen molar-refractivity contribution in [2.24, 2.45) is 0 Å². The van der Waals surface area contributed by atoms with E-state index < -0.39 is 0 Å². The zero-order valence-electron chi connectivity index (χ0n) is 11.6. The van der Waals surface area contributed by atoms with E-state index in [9.17, 15) is 9.18 Å². The van der Waals surface area contributed by atoms with Crippen LogP contribution in [-0.2, 0) is 11.2 Å². The number of likely N-dealkylation sites (N-methyl/N-ethyl adjacent to an activating group) is 1. The summed E-state index contributed by atoms with van der Waals surface area (Å²) in [6.45, 7) is 1.47. The highest BCUT2D eigenvalue weighted by Gasteiger charge is 2.26. The number of hydrogen-bond donors (Lipinski definition) is 1. The molecule has 0 radical (unpaired) electrons. The van der Waals surface area contributed by atoms with Crippen molar-refractivity contribution in [2.75, 3.05) is 20.1 Å². The van der Waals surface area contributed by atoms with Crippen molar-refractivity contribution < 1.29 is 13.9 Å². The van der Waals surface area contributed by atoms with Gasteiger partial charge in [0.05, 0.1) is 0 Å². The van der Waals surface area contributed by atoms with Gasteiger partial charge in [0.2, 0.25) is 5.91 Å². The molecule has 1 N–H and O–H groups in total. The molecule has 2 heterocycles. The van der Waals surface area contributed by atoms with Crippen LogP contribution in [0.2, 0.25) is 0 Å². The third kappa shape index (κ3) is 2.77. The van der Waals surface area contributed by atoms with Gasteiger partial charge >= 0.3 is 0 Å². The minimum absolute atomic E-state index is 0.0507. The van der Waals surface area contributed by atoms with Gasteiger partial charge in [-0.25, -0.2) is 4.39 Å². The largest absolute Gasteiger partial charge is 0.488 e. The molecule has 0 aliphatic carbocycles. The van der Waals surface area contributed by atoms with Crippen LogP contribution < -0.4 is 10.1 Å². The molecule has 0 aromatic heterocycles. The van der Waals surface area contributed by atoms with E-state index in [1.165, 1.54) is 6.07 Å².